The lowest BCUT2D eigenvalue weighted by Crippen LogP contribution is -2.45. The Kier molecular flexibility index (Phi) is 35.4. The summed E-state index contributed by atoms with van der Waals surface area (Å²) in [4.78, 5) is 131. The summed E-state index contributed by atoms with van der Waals surface area (Å²) in [5.74, 6) is -11.4. The van der Waals surface area contributed by atoms with E-state index in [-0.39, 0.29) is 38.6 Å². The molecular formula is C44H75N6O17P. The molecule has 68 heavy (non-hydrogen) atoms. The number of unbranched alkanes of at least 4 members (excludes halogenated alkanes) is 14. The van der Waals surface area contributed by atoms with E-state index in [0.29, 0.717) is 25.7 Å². The van der Waals surface area contributed by atoms with Crippen molar-refractivity contribution in [3.8, 4) is 0 Å². The highest BCUT2D eigenvalue weighted by Crippen LogP contribution is 2.14. The van der Waals surface area contributed by atoms with Crippen molar-refractivity contribution in [3.05, 3.63) is 0 Å². The minimum Gasteiger partial charge on any atom is -0.481 e. The fourth-order valence-corrected chi connectivity index (χ4v) is 7.26. The summed E-state index contributed by atoms with van der Waals surface area (Å²) in [6.45, 7) is 0.213. The summed E-state index contributed by atoms with van der Waals surface area (Å²) >= 11 is 0. The third-order valence-electron chi connectivity index (χ3n) is 11.0. The zero-order valence-electron chi connectivity index (χ0n) is 38.9. The number of aliphatic carboxylic acids is 6. The first-order valence-electron chi connectivity index (χ1n) is 23.5. The zero-order chi connectivity index (χ0) is 51.3. The lowest BCUT2D eigenvalue weighted by Gasteiger charge is -2.18. The van der Waals surface area contributed by atoms with Crippen LogP contribution in [0.15, 0.2) is 0 Å². The first-order chi connectivity index (χ1) is 32.3. The van der Waals surface area contributed by atoms with Crippen LogP contribution in [-0.2, 0) is 52.7 Å². The molecule has 0 aliphatic heterocycles. The van der Waals surface area contributed by atoms with Gasteiger partial charge in [-0.15, -0.1) is 0 Å². The van der Waals surface area contributed by atoms with Crippen LogP contribution in [0.3, 0.4) is 0 Å². The number of amides is 5. The maximum atomic E-state index is 12.6. The Labute approximate surface area is 399 Å². The van der Waals surface area contributed by atoms with Gasteiger partial charge in [-0.2, -0.15) is 0 Å². The van der Waals surface area contributed by atoms with Gasteiger partial charge in [0.2, 0.25) is 29.5 Å². The number of carboxylic acids is 6. The summed E-state index contributed by atoms with van der Waals surface area (Å²) in [6.07, 6.45) is 12.1. The highest BCUT2D eigenvalue weighted by atomic mass is 31.0. The van der Waals surface area contributed by atoms with Crippen LogP contribution in [-0.4, -0.2) is 133 Å². The molecule has 0 fully saturated rings. The topological polar surface area (TPSA) is 381 Å². The monoisotopic (exact) mass is 990 g/mol. The quantitative estimate of drug-likeness (QED) is 0.0308. The van der Waals surface area contributed by atoms with E-state index in [9.17, 15) is 73.2 Å². The standard InChI is InChI=1S/C44H75N6O17P/c51-34(45-28-16-15-17-33(50-68)44(66)67)24-20-29(40(58)59)47-36(53)26-22-31(42(62)63)49-38(55)27-23-32(43(64)65)48-37(54)25-21-30(41(60)61)46-35(52)18-13-11-9-7-5-3-1-2-4-6-8-10-12-14-19-39(56)57/h29-33,50H,1-28,68H2,(H,45,51)(H,46,52)(H,47,53)(H,48,54)(H,49,55)(H,56,57)(H,58,59)(H,60,61)(H,62,63)(H,64,65)(H,66,67)/t29-,30-,31-,32-,33-/m0/s1. The average molecular weight is 991 g/mol. The molecule has 0 aromatic rings. The maximum Gasteiger partial charge on any atom is 0.326 e. The highest BCUT2D eigenvalue weighted by Gasteiger charge is 2.27. The van der Waals surface area contributed by atoms with Crippen molar-refractivity contribution < 1.29 is 83.4 Å². The molecule has 12 N–H and O–H groups in total. The molecule has 0 rings (SSSR count). The highest BCUT2D eigenvalue weighted by molar-refractivity contribution is 7.13. The minimum atomic E-state index is -1.64. The van der Waals surface area contributed by atoms with Crippen molar-refractivity contribution in [1.29, 1.82) is 0 Å². The van der Waals surface area contributed by atoms with Gasteiger partial charge in [0.15, 0.2) is 0 Å². The fourth-order valence-electron chi connectivity index (χ4n) is 6.95. The van der Waals surface area contributed by atoms with Crippen LogP contribution in [0.2, 0.25) is 0 Å². The SMILES string of the molecule is O=C(O)CCCCCCCCCCCCCCCCC(=O)N[C@@H](CCC(=O)N[C@@H](CCC(=O)N[C@@H](CCC(=O)N[C@@H](CCC(=O)NCCCC[C@H](NP)C(=O)O)C(=O)O)C(=O)O)C(=O)O)C(=O)O. The van der Waals surface area contributed by atoms with Gasteiger partial charge >= 0.3 is 35.8 Å². The Balaban J connectivity index is 4.57. The van der Waals surface area contributed by atoms with Gasteiger partial charge in [0, 0.05) is 45.1 Å². The molecule has 0 saturated carbocycles. The molecule has 0 saturated heterocycles. The van der Waals surface area contributed by atoms with E-state index in [2.05, 4.69) is 41.1 Å². The zero-order valence-corrected chi connectivity index (χ0v) is 40.1. The maximum absolute atomic E-state index is 12.6. The van der Waals surface area contributed by atoms with Crippen LogP contribution in [0.5, 0.6) is 0 Å². The normalized spacial score (nSPS) is 13.1. The lowest BCUT2D eigenvalue weighted by atomic mass is 10.0. The van der Waals surface area contributed by atoms with E-state index >= 15 is 0 Å². The van der Waals surface area contributed by atoms with Gasteiger partial charge in [0.1, 0.15) is 30.2 Å². The van der Waals surface area contributed by atoms with E-state index in [4.69, 9.17) is 10.2 Å². The molecule has 24 heteroatoms. The largest absolute Gasteiger partial charge is 0.481 e. The predicted molar refractivity (Wildman–Crippen MR) is 248 cm³/mol. The van der Waals surface area contributed by atoms with Crippen molar-refractivity contribution in [2.24, 2.45) is 0 Å². The molecule has 0 radical (unpaired) electrons. The number of carbonyl (C=O) groups excluding carboxylic acids is 5. The van der Waals surface area contributed by atoms with Crippen molar-refractivity contribution in [1.82, 2.24) is 31.7 Å². The minimum absolute atomic E-state index is 0.0957. The Hall–Kier alpha value is -5.44. The second-order valence-corrected chi connectivity index (χ2v) is 17.1. The molecule has 0 aromatic heterocycles. The van der Waals surface area contributed by atoms with E-state index < -0.39 is 128 Å². The number of hydrogen-bond donors (Lipinski definition) is 12. The Morgan fingerprint density at radius 3 is 0.882 bits per heavy atom. The molecule has 6 atom stereocenters. The van der Waals surface area contributed by atoms with Crippen molar-refractivity contribution in [2.75, 3.05) is 6.54 Å². The Bertz CT molecular complexity index is 1620. The second kappa shape index (κ2) is 38.5. The number of rotatable bonds is 44. The Morgan fingerprint density at radius 1 is 0.309 bits per heavy atom. The Morgan fingerprint density at radius 2 is 0.588 bits per heavy atom. The van der Waals surface area contributed by atoms with Gasteiger partial charge in [0.05, 0.1) is 0 Å². The molecule has 0 aromatic carbocycles. The van der Waals surface area contributed by atoms with Crippen molar-refractivity contribution >= 4 is 74.7 Å². The molecule has 23 nitrogen and oxygen atoms in total. The van der Waals surface area contributed by atoms with E-state index in [1.165, 1.54) is 12.8 Å². The van der Waals surface area contributed by atoms with E-state index in [0.717, 1.165) is 70.6 Å². The van der Waals surface area contributed by atoms with Gasteiger partial charge in [-0.3, -0.25) is 38.6 Å². The van der Waals surface area contributed by atoms with Crippen LogP contribution >= 0.6 is 9.39 Å². The first kappa shape index (κ1) is 62.6. The summed E-state index contributed by atoms with van der Waals surface area (Å²) in [7, 11) is 2.12. The first-order valence-corrected chi connectivity index (χ1v) is 24.1. The molecule has 388 valence electrons. The van der Waals surface area contributed by atoms with E-state index in [1.54, 1.807) is 0 Å². The van der Waals surface area contributed by atoms with Crippen LogP contribution in [0, 0.1) is 0 Å². The van der Waals surface area contributed by atoms with Crippen molar-refractivity contribution in [2.45, 2.75) is 204 Å². The molecule has 0 heterocycles. The number of carboxylic acid groups (broad SMARTS) is 6. The lowest BCUT2D eigenvalue weighted by molar-refractivity contribution is -0.144. The summed E-state index contributed by atoms with van der Waals surface area (Å²) < 4.78 is 0. The predicted octanol–water partition coefficient (Wildman–Crippen LogP) is 2.83. The molecule has 0 aliphatic rings. The fraction of sp³-hybridized carbons (Fsp3) is 0.750. The van der Waals surface area contributed by atoms with Crippen LogP contribution in [0.4, 0.5) is 0 Å². The van der Waals surface area contributed by atoms with Gasteiger partial charge in [0.25, 0.3) is 0 Å². The number of carbonyl (C=O) groups is 11. The second-order valence-electron chi connectivity index (χ2n) is 16.7. The van der Waals surface area contributed by atoms with Gasteiger partial charge in [-0.05, 0) is 57.8 Å². The summed E-state index contributed by atoms with van der Waals surface area (Å²) in [5.41, 5.74) is 0. The average Bonchev–Trinajstić information content (AvgIpc) is 3.26. The summed E-state index contributed by atoms with van der Waals surface area (Å²) in [6, 6.07) is -6.94. The molecule has 0 bridgehead atoms. The molecule has 0 aliphatic carbocycles. The van der Waals surface area contributed by atoms with Gasteiger partial charge < -0.3 is 57.2 Å². The van der Waals surface area contributed by atoms with Crippen LogP contribution in [0.25, 0.3) is 0 Å². The van der Waals surface area contributed by atoms with Gasteiger partial charge in [-0.25, -0.2) is 19.2 Å². The number of nitrogens with one attached hydrogen (secondary N) is 6. The van der Waals surface area contributed by atoms with Crippen LogP contribution in [0.1, 0.15) is 173 Å². The van der Waals surface area contributed by atoms with E-state index in [1.807, 2.05) is 0 Å². The molecule has 1 unspecified atom stereocenters. The van der Waals surface area contributed by atoms with Gasteiger partial charge in [-0.1, -0.05) is 86.4 Å². The van der Waals surface area contributed by atoms with Crippen LogP contribution < -0.4 is 31.7 Å². The third-order valence-corrected chi connectivity index (χ3v) is 11.4. The summed E-state index contributed by atoms with van der Waals surface area (Å²) in [5, 5.41) is 70.1. The molecular weight excluding hydrogens is 915 g/mol. The van der Waals surface area contributed by atoms with Crippen molar-refractivity contribution in [3.63, 3.8) is 0 Å². The molecule has 0 spiro atoms. The molecule has 5 amide bonds. The number of hydrogen-bond acceptors (Lipinski definition) is 12. The third kappa shape index (κ3) is 33.9. The smallest absolute Gasteiger partial charge is 0.326 e.